The Hall–Kier alpha value is -2.39. The summed E-state index contributed by atoms with van der Waals surface area (Å²) in [4.78, 5) is 8.30. The number of rotatable bonds is 1. The van der Waals surface area contributed by atoms with E-state index in [4.69, 9.17) is 4.99 Å². The van der Waals surface area contributed by atoms with Crippen LogP contribution in [0.1, 0.15) is 58.2 Å². The summed E-state index contributed by atoms with van der Waals surface area (Å²) < 4.78 is 0. The predicted octanol–water partition coefficient (Wildman–Crippen LogP) is 5.83. The van der Waals surface area contributed by atoms with Gasteiger partial charge in [0.05, 0.1) is 11.4 Å². The fourth-order valence-electron chi connectivity index (χ4n) is 4.30. The van der Waals surface area contributed by atoms with E-state index >= 15 is 0 Å². The van der Waals surface area contributed by atoms with Crippen molar-refractivity contribution >= 4 is 22.3 Å². The highest BCUT2D eigenvalue weighted by Gasteiger charge is 2.51. The molecule has 2 N–H and O–H groups in total. The number of aromatic amines is 1. The topological polar surface area (TPSA) is 48.4 Å². The van der Waals surface area contributed by atoms with E-state index in [2.05, 4.69) is 58.7 Å². The van der Waals surface area contributed by atoms with Gasteiger partial charge in [-0.05, 0) is 23.1 Å². The Morgan fingerprint density at radius 2 is 1.59 bits per heavy atom. The Morgan fingerprint density at radius 3 is 2.26 bits per heavy atom. The van der Waals surface area contributed by atoms with Gasteiger partial charge in [-0.1, -0.05) is 71.9 Å². The molecule has 0 aliphatic carbocycles. The number of hydrogen-bond acceptors (Lipinski definition) is 2. The smallest absolute Gasteiger partial charge is 0.158 e. The van der Waals surface area contributed by atoms with Gasteiger partial charge in [0, 0.05) is 33.6 Å². The van der Waals surface area contributed by atoms with Gasteiger partial charge in [0.1, 0.15) is 0 Å². The average Bonchev–Trinajstić information content (AvgIpc) is 3.14. The van der Waals surface area contributed by atoms with E-state index in [1.54, 1.807) is 0 Å². The zero-order chi connectivity index (χ0) is 19.6. The average molecular weight is 361 g/mol. The Bertz CT molecular complexity index is 1060. The lowest BCUT2D eigenvalue weighted by Gasteiger charge is -2.36. The van der Waals surface area contributed by atoms with E-state index in [9.17, 15) is 5.11 Å². The van der Waals surface area contributed by atoms with Crippen molar-refractivity contribution in [2.24, 2.45) is 10.4 Å². The van der Waals surface area contributed by atoms with Gasteiger partial charge in [0.2, 0.25) is 0 Å². The van der Waals surface area contributed by atoms with Crippen LogP contribution in [0.5, 0.6) is 0 Å². The Labute approximate surface area is 161 Å². The van der Waals surface area contributed by atoms with Crippen molar-refractivity contribution in [1.29, 1.82) is 0 Å². The molecule has 0 bridgehead atoms. The summed E-state index contributed by atoms with van der Waals surface area (Å²) in [6.45, 7) is 12.9. The van der Waals surface area contributed by atoms with Crippen LogP contribution in [-0.4, -0.2) is 15.8 Å². The number of nitrogens with zero attached hydrogens (tertiary/aromatic N) is 1. The molecule has 1 unspecified atom stereocenters. The third-order valence-corrected chi connectivity index (χ3v) is 5.48. The molecule has 1 aromatic heterocycles. The van der Waals surface area contributed by atoms with Gasteiger partial charge in [-0.3, -0.25) is 4.99 Å². The second kappa shape index (κ2) is 5.56. The second-order valence-corrected chi connectivity index (χ2v) is 9.62. The predicted molar refractivity (Wildman–Crippen MR) is 113 cm³/mol. The lowest BCUT2D eigenvalue weighted by molar-refractivity contribution is 0.149. The Morgan fingerprint density at radius 1 is 0.889 bits per heavy atom. The lowest BCUT2D eigenvalue weighted by atomic mass is 9.70. The summed E-state index contributed by atoms with van der Waals surface area (Å²) in [6, 6.07) is 14.3. The van der Waals surface area contributed by atoms with Gasteiger partial charge in [0.25, 0.3) is 0 Å². The molecule has 2 heterocycles. The fourth-order valence-corrected chi connectivity index (χ4v) is 4.30. The van der Waals surface area contributed by atoms with Crippen LogP contribution in [0, 0.1) is 5.41 Å². The van der Waals surface area contributed by atoms with Crippen molar-refractivity contribution < 1.29 is 5.11 Å². The molecule has 4 rings (SSSR count). The molecule has 0 radical (unpaired) electrons. The quantitative estimate of drug-likeness (QED) is 0.563. The molecule has 0 saturated heterocycles. The van der Waals surface area contributed by atoms with Crippen molar-refractivity contribution in [2.45, 2.75) is 52.6 Å². The van der Waals surface area contributed by atoms with E-state index in [0.29, 0.717) is 0 Å². The number of fused-ring (bicyclic) bond motifs is 2. The van der Waals surface area contributed by atoms with Crippen LogP contribution in [-0.2, 0) is 11.0 Å². The summed E-state index contributed by atoms with van der Waals surface area (Å²) in [7, 11) is 0. The maximum Gasteiger partial charge on any atom is 0.158 e. The molecule has 3 heteroatoms. The van der Waals surface area contributed by atoms with Crippen molar-refractivity contribution in [3.05, 3.63) is 65.4 Å². The number of aliphatic hydroxyl groups is 1. The van der Waals surface area contributed by atoms with Crippen molar-refractivity contribution in [2.75, 3.05) is 0 Å². The number of aliphatic imine (C=N–C) groups is 1. The molecule has 1 aliphatic rings. The van der Waals surface area contributed by atoms with Gasteiger partial charge in [-0.2, -0.15) is 0 Å². The van der Waals surface area contributed by atoms with Gasteiger partial charge in [-0.15, -0.1) is 0 Å². The summed E-state index contributed by atoms with van der Waals surface area (Å²) in [5, 5.41) is 13.4. The summed E-state index contributed by atoms with van der Waals surface area (Å²) in [5.41, 5.74) is 4.00. The summed E-state index contributed by atoms with van der Waals surface area (Å²) in [6.07, 6.45) is 1.94. The molecule has 0 spiro atoms. The van der Waals surface area contributed by atoms with Crippen LogP contribution in [0.4, 0.5) is 5.69 Å². The van der Waals surface area contributed by atoms with Crippen LogP contribution in [0.3, 0.4) is 0 Å². The zero-order valence-electron chi connectivity index (χ0n) is 17.0. The molecule has 0 amide bonds. The molecule has 3 aromatic rings. The molecule has 3 nitrogen and oxygen atoms in total. The molecule has 0 saturated carbocycles. The SMILES string of the molecule is CC(C)(C)C1=Nc2cccc(C(C)(C)C)c2C1(O)c1c[nH]c2ccccc12. The lowest BCUT2D eigenvalue weighted by Crippen LogP contribution is -2.42. The number of nitrogens with one attached hydrogen (secondary N) is 1. The van der Waals surface area contributed by atoms with Gasteiger partial charge in [-0.25, -0.2) is 0 Å². The van der Waals surface area contributed by atoms with Crippen LogP contribution < -0.4 is 0 Å². The van der Waals surface area contributed by atoms with Crippen LogP contribution >= 0.6 is 0 Å². The van der Waals surface area contributed by atoms with Crippen molar-refractivity contribution in [3.63, 3.8) is 0 Å². The highest BCUT2D eigenvalue weighted by molar-refractivity contribution is 6.09. The summed E-state index contributed by atoms with van der Waals surface area (Å²) in [5.74, 6) is 0. The van der Waals surface area contributed by atoms with Crippen molar-refractivity contribution in [1.82, 2.24) is 4.98 Å². The summed E-state index contributed by atoms with van der Waals surface area (Å²) >= 11 is 0. The van der Waals surface area contributed by atoms with Crippen LogP contribution in [0.25, 0.3) is 10.9 Å². The Balaban J connectivity index is 2.11. The first-order chi connectivity index (χ1) is 12.5. The van der Waals surface area contributed by atoms with Gasteiger partial charge < -0.3 is 10.1 Å². The van der Waals surface area contributed by atoms with E-state index in [-0.39, 0.29) is 10.8 Å². The van der Waals surface area contributed by atoms with Gasteiger partial charge >= 0.3 is 0 Å². The largest absolute Gasteiger partial charge is 0.375 e. The number of para-hydroxylation sites is 1. The second-order valence-electron chi connectivity index (χ2n) is 9.62. The molecule has 0 fully saturated rings. The van der Waals surface area contributed by atoms with Crippen LogP contribution in [0.15, 0.2) is 53.7 Å². The molecule has 1 aliphatic heterocycles. The molecular formula is C24H28N2O. The monoisotopic (exact) mass is 360 g/mol. The van der Waals surface area contributed by atoms with E-state index in [1.807, 2.05) is 36.5 Å². The number of benzene rings is 2. The fraction of sp³-hybridized carbons (Fsp3) is 0.375. The minimum Gasteiger partial charge on any atom is -0.375 e. The van der Waals surface area contributed by atoms with Gasteiger partial charge in [0.15, 0.2) is 5.60 Å². The number of hydrogen-bond donors (Lipinski definition) is 2. The molecule has 2 aromatic carbocycles. The minimum absolute atomic E-state index is 0.103. The highest BCUT2D eigenvalue weighted by Crippen LogP contribution is 2.52. The number of H-pyrrole nitrogens is 1. The third kappa shape index (κ3) is 2.56. The zero-order valence-corrected chi connectivity index (χ0v) is 17.0. The van der Waals surface area contributed by atoms with E-state index in [1.165, 1.54) is 0 Å². The minimum atomic E-state index is -1.25. The first-order valence-corrected chi connectivity index (χ1v) is 9.57. The number of aromatic nitrogens is 1. The van der Waals surface area contributed by atoms with E-state index < -0.39 is 5.60 Å². The molecule has 27 heavy (non-hydrogen) atoms. The first-order valence-electron chi connectivity index (χ1n) is 9.57. The first kappa shape index (κ1) is 18.0. The standard InChI is InChI=1S/C24H28N2O/c1-22(2,3)16-11-9-13-19-20(16)24(27,21(26-19)23(4,5)6)17-14-25-18-12-8-7-10-15(17)18/h7-14,25,27H,1-6H3. The third-order valence-electron chi connectivity index (χ3n) is 5.48. The maximum absolute atomic E-state index is 12.4. The maximum atomic E-state index is 12.4. The normalized spacial score (nSPS) is 20.0. The molecular weight excluding hydrogens is 332 g/mol. The molecule has 1 atom stereocenters. The Kier molecular flexibility index (Phi) is 3.70. The van der Waals surface area contributed by atoms with Crippen molar-refractivity contribution in [3.8, 4) is 0 Å². The van der Waals surface area contributed by atoms with Crippen LogP contribution in [0.2, 0.25) is 0 Å². The molecule has 140 valence electrons. The van der Waals surface area contributed by atoms with E-state index in [0.717, 1.165) is 39.0 Å². The highest BCUT2D eigenvalue weighted by atomic mass is 16.3.